The summed E-state index contributed by atoms with van der Waals surface area (Å²) in [5.74, 6) is 2.69. The zero-order chi connectivity index (χ0) is 11.5. The molecule has 0 aromatic carbocycles. The van der Waals surface area contributed by atoms with Gasteiger partial charge in [-0.25, -0.2) is 0 Å². The number of hydrogen-bond donors (Lipinski definition) is 1. The molecule has 1 saturated carbocycles. The van der Waals surface area contributed by atoms with E-state index in [0.29, 0.717) is 6.17 Å². The average Bonchev–Trinajstić information content (AvgIpc) is 2.22. The Morgan fingerprint density at radius 3 is 2.50 bits per heavy atom. The van der Waals surface area contributed by atoms with Crippen molar-refractivity contribution in [1.29, 1.82) is 0 Å². The van der Waals surface area contributed by atoms with Crippen LogP contribution in [0.15, 0.2) is 0 Å². The van der Waals surface area contributed by atoms with E-state index in [-0.39, 0.29) is 0 Å². The highest BCUT2D eigenvalue weighted by Crippen LogP contribution is 2.30. The Hall–Kier alpha value is -0.0800. The maximum Gasteiger partial charge on any atom is 0.0574 e. The van der Waals surface area contributed by atoms with Gasteiger partial charge in [-0.1, -0.05) is 26.7 Å². The summed E-state index contributed by atoms with van der Waals surface area (Å²) in [5, 5.41) is 0. The van der Waals surface area contributed by atoms with Crippen molar-refractivity contribution in [2.45, 2.75) is 58.5 Å². The molecule has 2 N–H and O–H groups in total. The van der Waals surface area contributed by atoms with E-state index in [1.165, 1.54) is 51.6 Å². The van der Waals surface area contributed by atoms with Crippen LogP contribution in [0.5, 0.6) is 0 Å². The van der Waals surface area contributed by atoms with Gasteiger partial charge < -0.3 is 5.73 Å². The molecule has 0 amide bonds. The summed E-state index contributed by atoms with van der Waals surface area (Å²) in [5.41, 5.74) is 6.25. The number of rotatable bonds is 2. The van der Waals surface area contributed by atoms with Gasteiger partial charge in [-0.05, 0) is 50.0 Å². The van der Waals surface area contributed by atoms with Gasteiger partial charge >= 0.3 is 0 Å². The molecule has 0 aromatic heterocycles. The SMILES string of the molecule is CC1CCCC(CN2CCC(C)CC2N)C1. The molecule has 1 heterocycles. The lowest BCUT2D eigenvalue weighted by molar-refractivity contribution is 0.0871. The van der Waals surface area contributed by atoms with Crippen LogP contribution in [0.3, 0.4) is 0 Å². The van der Waals surface area contributed by atoms with Crippen molar-refractivity contribution in [2.75, 3.05) is 13.1 Å². The molecule has 2 heteroatoms. The summed E-state index contributed by atoms with van der Waals surface area (Å²) in [6, 6.07) is 0. The quantitative estimate of drug-likeness (QED) is 0.781. The molecule has 1 aliphatic heterocycles. The summed E-state index contributed by atoms with van der Waals surface area (Å²) < 4.78 is 0. The lowest BCUT2D eigenvalue weighted by atomic mass is 9.81. The third-order valence-corrected chi connectivity index (χ3v) is 4.56. The van der Waals surface area contributed by atoms with E-state index >= 15 is 0 Å². The second-order valence-electron chi connectivity index (χ2n) is 6.33. The van der Waals surface area contributed by atoms with E-state index in [0.717, 1.165) is 17.8 Å². The van der Waals surface area contributed by atoms with Gasteiger partial charge in [-0.15, -0.1) is 0 Å². The third-order valence-electron chi connectivity index (χ3n) is 4.56. The number of hydrogen-bond acceptors (Lipinski definition) is 2. The second kappa shape index (κ2) is 5.50. The Morgan fingerprint density at radius 2 is 1.81 bits per heavy atom. The van der Waals surface area contributed by atoms with Crippen molar-refractivity contribution in [1.82, 2.24) is 4.90 Å². The molecule has 2 rings (SSSR count). The second-order valence-corrected chi connectivity index (χ2v) is 6.33. The summed E-state index contributed by atoms with van der Waals surface area (Å²) >= 11 is 0. The fourth-order valence-electron chi connectivity index (χ4n) is 3.52. The van der Waals surface area contributed by atoms with Gasteiger partial charge in [-0.3, -0.25) is 4.90 Å². The zero-order valence-electron chi connectivity index (χ0n) is 11.0. The Bertz CT molecular complexity index is 217. The average molecular weight is 224 g/mol. The van der Waals surface area contributed by atoms with Crippen LogP contribution >= 0.6 is 0 Å². The molecule has 2 fully saturated rings. The third kappa shape index (κ3) is 3.21. The van der Waals surface area contributed by atoms with Gasteiger partial charge in [-0.2, -0.15) is 0 Å². The fraction of sp³-hybridized carbons (Fsp3) is 1.00. The van der Waals surface area contributed by atoms with Crippen LogP contribution in [-0.2, 0) is 0 Å². The van der Waals surface area contributed by atoms with Crippen LogP contribution in [-0.4, -0.2) is 24.2 Å². The van der Waals surface area contributed by atoms with E-state index in [2.05, 4.69) is 18.7 Å². The maximum atomic E-state index is 6.25. The molecule has 0 spiro atoms. The molecule has 1 saturated heterocycles. The van der Waals surface area contributed by atoms with Gasteiger partial charge in [0.15, 0.2) is 0 Å². The first kappa shape index (κ1) is 12.4. The lowest BCUT2D eigenvalue weighted by Crippen LogP contribution is -2.49. The Kier molecular flexibility index (Phi) is 4.26. The van der Waals surface area contributed by atoms with Gasteiger partial charge in [0.2, 0.25) is 0 Å². The highest BCUT2D eigenvalue weighted by Gasteiger charge is 2.27. The highest BCUT2D eigenvalue weighted by molar-refractivity contribution is 4.80. The van der Waals surface area contributed by atoms with Crippen molar-refractivity contribution < 1.29 is 0 Å². The number of nitrogens with two attached hydrogens (primary N) is 1. The van der Waals surface area contributed by atoms with Crippen LogP contribution in [0.1, 0.15) is 52.4 Å². The van der Waals surface area contributed by atoms with Crippen LogP contribution in [0.4, 0.5) is 0 Å². The summed E-state index contributed by atoms with van der Waals surface area (Å²) in [6.45, 7) is 7.23. The number of piperidine rings is 1. The maximum absolute atomic E-state index is 6.25. The molecule has 2 aliphatic rings. The number of nitrogens with zero attached hydrogens (tertiary/aromatic N) is 1. The standard InChI is InChI=1S/C14H28N2/c1-11-4-3-5-13(8-11)10-16-7-6-12(2)9-14(16)15/h11-14H,3-10,15H2,1-2H3. The van der Waals surface area contributed by atoms with E-state index in [1.807, 2.05) is 0 Å². The predicted molar refractivity (Wildman–Crippen MR) is 69.1 cm³/mol. The first-order valence-electron chi connectivity index (χ1n) is 7.14. The topological polar surface area (TPSA) is 29.3 Å². The molecule has 16 heavy (non-hydrogen) atoms. The van der Waals surface area contributed by atoms with E-state index in [1.54, 1.807) is 0 Å². The van der Waals surface area contributed by atoms with E-state index < -0.39 is 0 Å². The molecule has 0 bridgehead atoms. The van der Waals surface area contributed by atoms with Crippen LogP contribution in [0, 0.1) is 17.8 Å². The summed E-state index contributed by atoms with van der Waals surface area (Å²) in [7, 11) is 0. The molecule has 0 aromatic rings. The van der Waals surface area contributed by atoms with E-state index in [4.69, 9.17) is 5.73 Å². The van der Waals surface area contributed by atoms with Crippen molar-refractivity contribution in [2.24, 2.45) is 23.5 Å². The zero-order valence-corrected chi connectivity index (χ0v) is 11.0. The minimum Gasteiger partial charge on any atom is -0.316 e. The first-order chi connectivity index (χ1) is 7.65. The van der Waals surface area contributed by atoms with Crippen molar-refractivity contribution in [3.63, 3.8) is 0 Å². The number of likely N-dealkylation sites (tertiary alicyclic amines) is 1. The molecule has 94 valence electrons. The van der Waals surface area contributed by atoms with Gasteiger partial charge in [0.05, 0.1) is 6.17 Å². The van der Waals surface area contributed by atoms with Crippen LogP contribution in [0.25, 0.3) is 0 Å². The monoisotopic (exact) mass is 224 g/mol. The Morgan fingerprint density at radius 1 is 1.06 bits per heavy atom. The minimum absolute atomic E-state index is 0.334. The van der Waals surface area contributed by atoms with Crippen LogP contribution in [0.2, 0.25) is 0 Å². The van der Waals surface area contributed by atoms with Crippen molar-refractivity contribution in [3.05, 3.63) is 0 Å². The molecule has 0 radical (unpaired) electrons. The van der Waals surface area contributed by atoms with Crippen molar-refractivity contribution in [3.8, 4) is 0 Å². The lowest BCUT2D eigenvalue weighted by Gasteiger charge is -2.39. The first-order valence-corrected chi connectivity index (χ1v) is 7.14. The van der Waals surface area contributed by atoms with Crippen LogP contribution < -0.4 is 5.73 Å². The predicted octanol–water partition coefficient (Wildman–Crippen LogP) is 2.83. The highest BCUT2D eigenvalue weighted by atomic mass is 15.2. The van der Waals surface area contributed by atoms with Gasteiger partial charge in [0.25, 0.3) is 0 Å². The van der Waals surface area contributed by atoms with Crippen molar-refractivity contribution >= 4 is 0 Å². The summed E-state index contributed by atoms with van der Waals surface area (Å²) in [4.78, 5) is 2.54. The molecular formula is C14H28N2. The Labute approximate surface area is 101 Å². The molecule has 4 atom stereocenters. The molecule has 4 unspecified atom stereocenters. The minimum atomic E-state index is 0.334. The van der Waals surface area contributed by atoms with Gasteiger partial charge in [0, 0.05) is 6.54 Å². The molecule has 2 nitrogen and oxygen atoms in total. The Balaban J connectivity index is 1.80. The van der Waals surface area contributed by atoms with E-state index in [9.17, 15) is 0 Å². The normalized spacial score (nSPS) is 42.2. The summed E-state index contributed by atoms with van der Waals surface area (Å²) in [6.07, 6.45) is 8.62. The molecular weight excluding hydrogens is 196 g/mol. The molecule has 1 aliphatic carbocycles. The smallest absolute Gasteiger partial charge is 0.0574 e. The fourth-order valence-corrected chi connectivity index (χ4v) is 3.52. The van der Waals surface area contributed by atoms with Gasteiger partial charge in [0.1, 0.15) is 0 Å². The largest absolute Gasteiger partial charge is 0.316 e.